The van der Waals surface area contributed by atoms with Crippen molar-refractivity contribution in [1.29, 1.82) is 0 Å². The van der Waals surface area contributed by atoms with E-state index < -0.39 is 0 Å². The average molecular weight is 388 g/mol. The molecular formula is C28H20O2. The Morgan fingerprint density at radius 1 is 0.500 bits per heavy atom. The van der Waals surface area contributed by atoms with Gasteiger partial charge in [0.25, 0.3) is 0 Å². The number of allylic oxidation sites excluding steroid dienone is 2. The summed E-state index contributed by atoms with van der Waals surface area (Å²) < 4.78 is 0. The van der Waals surface area contributed by atoms with Gasteiger partial charge in [0.1, 0.15) is 0 Å². The Kier molecular flexibility index (Phi) is 5.77. The molecular weight excluding hydrogens is 368 g/mol. The highest BCUT2D eigenvalue weighted by Crippen LogP contribution is 2.20. The van der Waals surface area contributed by atoms with Crippen molar-refractivity contribution >= 4 is 34.5 Å². The SMILES string of the molecule is O=C(/C=C/c1ccc2cc(/C=C/C(=O)c3ccccc3)ccc2c1)c1ccccc1. The fourth-order valence-electron chi connectivity index (χ4n) is 3.23. The van der Waals surface area contributed by atoms with Crippen molar-refractivity contribution in [3.8, 4) is 0 Å². The van der Waals surface area contributed by atoms with E-state index >= 15 is 0 Å². The molecule has 4 aromatic carbocycles. The Balaban J connectivity index is 1.50. The molecule has 0 fully saturated rings. The summed E-state index contributed by atoms with van der Waals surface area (Å²) >= 11 is 0. The molecule has 30 heavy (non-hydrogen) atoms. The Morgan fingerprint density at radius 2 is 0.900 bits per heavy atom. The Morgan fingerprint density at radius 3 is 1.30 bits per heavy atom. The molecule has 0 unspecified atom stereocenters. The van der Waals surface area contributed by atoms with Gasteiger partial charge in [0.15, 0.2) is 11.6 Å². The summed E-state index contributed by atoms with van der Waals surface area (Å²) in [5, 5.41) is 2.16. The number of ketones is 2. The minimum absolute atomic E-state index is 0.0146. The number of hydrogen-bond acceptors (Lipinski definition) is 2. The molecule has 0 radical (unpaired) electrons. The largest absolute Gasteiger partial charge is 0.289 e. The Labute approximate surface area is 175 Å². The zero-order valence-electron chi connectivity index (χ0n) is 16.4. The molecule has 0 aliphatic rings. The van der Waals surface area contributed by atoms with Crippen LogP contribution in [0.15, 0.2) is 109 Å². The lowest BCUT2D eigenvalue weighted by molar-refractivity contribution is 0.103. The third-order valence-corrected chi connectivity index (χ3v) is 4.86. The molecule has 2 nitrogen and oxygen atoms in total. The van der Waals surface area contributed by atoms with E-state index in [1.165, 1.54) is 0 Å². The van der Waals surface area contributed by atoms with Gasteiger partial charge in [-0.3, -0.25) is 9.59 Å². The molecule has 0 aliphatic heterocycles. The highest BCUT2D eigenvalue weighted by molar-refractivity contribution is 6.07. The number of rotatable bonds is 6. The maximum absolute atomic E-state index is 12.2. The molecule has 2 heteroatoms. The molecule has 0 saturated carbocycles. The zero-order chi connectivity index (χ0) is 20.8. The Bertz CT molecular complexity index is 1150. The first-order valence-electron chi connectivity index (χ1n) is 9.78. The van der Waals surface area contributed by atoms with Gasteiger partial charge in [-0.25, -0.2) is 0 Å². The van der Waals surface area contributed by atoms with Crippen molar-refractivity contribution < 1.29 is 9.59 Å². The van der Waals surface area contributed by atoms with E-state index in [0.717, 1.165) is 21.9 Å². The van der Waals surface area contributed by atoms with Crippen molar-refractivity contribution in [2.75, 3.05) is 0 Å². The van der Waals surface area contributed by atoms with E-state index in [4.69, 9.17) is 0 Å². The van der Waals surface area contributed by atoms with Crippen molar-refractivity contribution in [2.24, 2.45) is 0 Å². The van der Waals surface area contributed by atoms with E-state index in [9.17, 15) is 9.59 Å². The quantitative estimate of drug-likeness (QED) is 0.274. The van der Waals surface area contributed by atoms with Gasteiger partial charge in [-0.1, -0.05) is 97.1 Å². The van der Waals surface area contributed by atoms with Crippen LogP contribution in [0.5, 0.6) is 0 Å². The number of fused-ring (bicyclic) bond motifs is 1. The summed E-state index contributed by atoms with van der Waals surface area (Å²) in [7, 11) is 0. The lowest BCUT2D eigenvalue weighted by atomic mass is 10.0. The molecule has 0 aliphatic carbocycles. The molecule has 0 N–H and O–H groups in total. The first kappa shape index (κ1) is 19.3. The first-order chi connectivity index (χ1) is 14.7. The van der Waals surface area contributed by atoms with Crippen LogP contribution in [0.4, 0.5) is 0 Å². The summed E-state index contributed by atoms with van der Waals surface area (Å²) in [6, 6.07) is 30.6. The highest BCUT2D eigenvalue weighted by atomic mass is 16.1. The lowest BCUT2D eigenvalue weighted by Crippen LogP contribution is -1.92. The molecule has 0 atom stereocenters. The van der Waals surface area contributed by atoms with Crippen LogP contribution in [0.25, 0.3) is 22.9 Å². The van der Waals surface area contributed by atoms with Crippen LogP contribution >= 0.6 is 0 Å². The van der Waals surface area contributed by atoms with Crippen LogP contribution in [0, 0.1) is 0 Å². The minimum atomic E-state index is -0.0146. The number of carbonyl (C=O) groups excluding carboxylic acids is 2. The maximum Gasteiger partial charge on any atom is 0.185 e. The second-order valence-corrected chi connectivity index (χ2v) is 6.99. The second kappa shape index (κ2) is 8.97. The molecule has 4 rings (SSSR count). The van der Waals surface area contributed by atoms with Crippen LogP contribution in [-0.4, -0.2) is 11.6 Å². The van der Waals surface area contributed by atoms with Crippen molar-refractivity contribution in [2.45, 2.75) is 0 Å². The van der Waals surface area contributed by atoms with Crippen LogP contribution in [0.1, 0.15) is 31.8 Å². The predicted octanol–water partition coefficient (Wildman–Crippen LogP) is 6.63. The normalized spacial score (nSPS) is 11.3. The van der Waals surface area contributed by atoms with Gasteiger partial charge in [-0.05, 0) is 46.2 Å². The van der Waals surface area contributed by atoms with Gasteiger partial charge in [0.05, 0.1) is 0 Å². The molecule has 0 amide bonds. The maximum atomic E-state index is 12.2. The van der Waals surface area contributed by atoms with Gasteiger partial charge in [0.2, 0.25) is 0 Å². The monoisotopic (exact) mass is 388 g/mol. The van der Waals surface area contributed by atoms with Crippen LogP contribution in [-0.2, 0) is 0 Å². The summed E-state index contributed by atoms with van der Waals surface area (Å²) in [6.45, 7) is 0. The predicted molar refractivity (Wildman–Crippen MR) is 124 cm³/mol. The summed E-state index contributed by atoms with van der Waals surface area (Å²) in [5.41, 5.74) is 3.29. The molecule has 0 heterocycles. The third-order valence-electron chi connectivity index (χ3n) is 4.86. The standard InChI is InChI=1S/C28H20O2/c29-27(23-7-3-1-4-8-23)17-13-21-11-15-26-20-22(12-16-25(26)19-21)14-18-28(30)24-9-5-2-6-10-24/h1-20H/b17-13+,18-14+. The molecule has 144 valence electrons. The fourth-order valence-corrected chi connectivity index (χ4v) is 3.23. The highest BCUT2D eigenvalue weighted by Gasteiger charge is 2.02. The minimum Gasteiger partial charge on any atom is -0.289 e. The summed E-state index contributed by atoms with van der Waals surface area (Å²) in [4.78, 5) is 24.5. The first-order valence-corrected chi connectivity index (χ1v) is 9.78. The zero-order valence-corrected chi connectivity index (χ0v) is 16.4. The van der Waals surface area contributed by atoms with E-state index in [1.54, 1.807) is 12.2 Å². The topological polar surface area (TPSA) is 34.1 Å². The van der Waals surface area contributed by atoms with Crippen molar-refractivity contribution in [1.82, 2.24) is 0 Å². The van der Waals surface area contributed by atoms with Crippen LogP contribution in [0.3, 0.4) is 0 Å². The summed E-state index contributed by atoms with van der Waals surface area (Å²) in [6.07, 6.45) is 6.87. The second-order valence-electron chi connectivity index (χ2n) is 6.99. The van der Waals surface area contributed by atoms with Crippen LogP contribution in [0.2, 0.25) is 0 Å². The van der Waals surface area contributed by atoms with E-state index in [2.05, 4.69) is 0 Å². The Hall–Kier alpha value is -4.04. The number of hydrogen-bond donors (Lipinski definition) is 0. The molecule has 0 aromatic heterocycles. The molecule has 0 saturated heterocycles. The third kappa shape index (κ3) is 4.68. The van der Waals surface area contributed by atoms with Gasteiger partial charge >= 0.3 is 0 Å². The number of carbonyl (C=O) groups is 2. The van der Waals surface area contributed by atoms with Gasteiger partial charge in [-0.2, -0.15) is 0 Å². The van der Waals surface area contributed by atoms with Crippen LogP contribution < -0.4 is 0 Å². The van der Waals surface area contributed by atoms with E-state index in [-0.39, 0.29) is 11.6 Å². The van der Waals surface area contributed by atoms with Gasteiger partial charge in [0, 0.05) is 11.1 Å². The van der Waals surface area contributed by atoms with Crippen molar-refractivity contribution in [3.05, 3.63) is 131 Å². The average Bonchev–Trinajstić information content (AvgIpc) is 2.82. The fraction of sp³-hybridized carbons (Fsp3) is 0. The van der Waals surface area contributed by atoms with Crippen molar-refractivity contribution in [3.63, 3.8) is 0 Å². The smallest absolute Gasteiger partial charge is 0.185 e. The number of benzene rings is 4. The van der Waals surface area contributed by atoms with Gasteiger partial charge in [-0.15, -0.1) is 0 Å². The van der Waals surface area contributed by atoms with Gasteiger partial charge < -0.3 is 0 Å². The molecule has 0 bridgehead atoms. The van der Waals surface area contributed by atoms with E-state index in [0.29, 0.717) is 11.1 Å². The lowest BCUT2D eigenvalue weighted by Gasteiger charge is -2.02. The van der Waals surface area contributed by atoms with E-state index in [1.807, 2.05) is 109 Å². The molecule has 4 aromatic rings. The molecule has 0 spiro atoms. The summed E-state index contributed by atoms with van der Waals surface area (Å²) in [5.74, 6) is -0.0291.